The number of carbonyl (C=O) groups excluding carboxylic acids is 3. The predicted molar refractivity (Wildman–Crippen MR) is 134 cm³/mol. The molecule has 0 saturated carbocycles. The maximum absolute atomic E-state index is 13.0. The van der Waals surface area contributed by atoms with Crippen LogP contribution < -0.4 is 5.32 Å². The molecule has 188 valence electrons. The third-order valence-electron chi connectivity index (χ3n) is 6.31. The summed E-state index contributed by atoms with van der Waals surface area (Å²) >= 11 is 6.01. The van der Waals surface area contributed by atoms with Gasteiger partial charge in [0, 0.05) is 29.1 Å². The van der Waals surface area contributed by atoms with Crippen LogP contribution in [0.25, 0.3) is 0 Å². The molecule has 1 aromatic carbocycles. The molecule has 0 spiro atoms. The number of carbonyl (C=O) groups is 3. The van der Waals surface area contributed by atoms with Crippen LogP contribution in [0.3, 0.4) is 0 Å². The summed E-state index contributed by atoms with van der Waals surface area (Å²) in [5.74, 6) is -1.35. The Bertz CT molecular complexity index is 881. The van der Waals surface area contributed by atoms with Gasteiger partial charge in [0.1, 0.15) is 6.54 Å². The summed E-state index contributed by atoms with van der Waals surface area (Å²) in [4.78, 5) is 42.4. The summed E-state index contributed by atoms with van der Waals surface area (Å²) in [6, 6.07) is 7.10. The molecule has 1 heterocycles. The van der Waals surface area contributed by atoms with Gasteiger partial charge in [-0.2, -0.15) is 0 Å². The number of nitrogens with zero attached hydrogens (tertiary/aromatic N) is 2. The highest BCUT2D eigenvalue weighted by molar-refractivity contribution is 6.30. The molecule has 34 heavy (non-hydrogen) atoms. The molecular weight excluding hydrogens is 454 g/mol. The third-order valence-corrected chi connectivity index (χ3v) is 6.56. The Morgan fingerprint density at radius 1 is 1.21 bits per heavy atom. The van der Waals surface area contributed by atoms with Gasteiger partial charge in [-0.05, 0) is 70.9 Å². The monoisotopic (exact) mass is 491 g/mol. The molecule has 2 unspecified atom stereocenters. The highest BCUT2D eigenvalue weighted by Crippen LogP contribution is 2.37. The Kier molecular flexibility index (Phi) is 11.1. The SMILES string of the molecule is CCOC(=O)C1=C(C)N(CC(=O)NC(C)CCCN(CC)CC)C(=O)CC1c1ccc(Cl)cc1. The standard InChI is InChI=1S/C26H38ClN3O4/c1-6-29(7-2)15-9-10-18(4)28-23(31)17-30-19(5)25(26(33)34-8-3)22(16-24(30)32)20-11-13-21(27)14-12-20/h11-14,18,22H,6-10,15-17H2,1-5H3,(H,28,31). The number of amides is 2. The highest BCUT2D eigenvalue weighted by Gasteiger charge is 2.37. The average Bonchev–Trinajstić information content (AvgIpc) is 2.79. The van der Waals surface area contributed by atoms with Gasteiger partial charge >= 0.3 is 5.97 Å². The van der Waals surface area contributed by atoms with E-state index in [9.17, 15) is 14.4 Å². The molecular formula is C26H38ClN3O4. The number of allylic oxidation sites excluding steroid dienone is 1. The zero-order chi connectivity index (χ0) is 25.3. The quantitative estimate of drug-likeness (QED) is 0.445. The second-order valence-electron chi connectivity index (χ2n) is 8.65. The highest BCUT2D eigenvalue weighted by atomic mass is 35.5. The maximum atomic E-state index is 13.0. The molecule has 2 amide bonds. The number of hydrogen-bond acceptors (Lipinski definition) is 5. The first kappa shape index (κ1) is 27.9. The van der Waals surface area contributed by atoms with E-state index in [-0.39, 0.29) is 37.4 Å². The lowest BCUT2D eigenvalue weighted by atomic mass is 9.83. The largest absolute Gasteiger partial charge is 0.463 e. The third kappa shape index (κ3) is 7.57. The topological polar surface area (TPSA) is 79.0 Å². The van der Waals surface area contributed by atoms with Crippen molar-refractivity contribution in [2.45, 2.75) is 65.8 Å². The number of esters is 1. The van der Waals surface area contributed by atoms with Crippen LogP contribution in [0.15, 0.2) is 35.5 Å². The van der Waals surface area contributed by atoms with Gasteiger partial charge in [-0.3, -0.25) is 9.59 Å². The van der Waals surface area contributed by atoms with E-state index in [1.54, 1.807) is 26.0 Å². The van der Waals surface area contributed by atoms with Crippen molar-refractivity contribution in [3.63, 3.8) is 0 Å². The Morgan fingerprint density at radius 2 is 1.85 bits per heavy atom. The summed E-state index contributed by atoms with van der Waals surface area (Å²) in [5.41, 5.74) is 1.67. The summed E-state index contributed by atoms with van der Waals surface area (Å²) < 4.78 is 5.30. The van der Waals surface area contributed by atoms with Gasteiger partial charge in [0.2, 0.25) is 11.8 Å². The van der Waals surface area contributed by atoms with Crippen LogP contribution in [-0.2, 0) is 19.1 Å². The first-order valence-corrected chi connectivity index (χ1v) is 12.5. The molecule has 8 heteroatoms. The number of nitrogens with one attached hydrogen (secondary N) is 1. The molecule has 1 aliphatic rings. The summed E-state index contributed by atoms with van der Waals surface area (Å²) in [5, 5.41) is 3.57. The van der Waals surface area contributed by atoms with Crippen LogP contribution in [0, 0.1) is 0 Å². The van der Waals surface area contributed by atoms with Crippen molar-refractivity contribution < 1.29 is 19.1 Å². The number of halogens is 1. The molecule has 0 bridgehead atoms. The molecule has 2 rings (SSSR count). The van der Waals surface area contributed by atoms with E-state index >= 15 is 0 Å². The van der Waals surface area contributed by atoms with Crippen LogP contribution in [0.5, 0.6) is 0 Å². The first-order valence-electron chi connectivity index (χ1n) is 12.2. The molecule has 1 aromatic rings. The van der Waals surface area contributed by atoms with Gasteiger partial charge in [0.05, 0.1) is 12.2 Å². The van der Waals surface area contributed by atoms with Gasteiger partial charge in [0.15, 0.2) is 0 Å². The summed E-state index contributed by atoms with van der Waals surface area (Å²) in [6.07, 6.45) is 1.93. The molecule has 2 atom stereocenters. The van der Waals surface area contributed by atoms with Gasteiger partial charge in [-0.25, -0.2) is 4.79 Å². The zero-order valence-electron chi connectivity index (χ0n) is 21.0. The lowest BCUT2D eigenvalue weighted by Gasteiger charge is -2.34. The van der Waals surface area contributed by atoms with E-state index < -0.39 is 11.9 Å². The summed E-state index contributed by atoms with van der Waals surface area (Å²) in [6.45, 7) is 12.8. The van der Waals surface area contributed by atoms with E-state index in [1.807, 2.05) is 19.1 Å². The van der Waals surface area contributed by atoms with Crippen molar-refractivity contribution in [2.75, 3.05) is 32.8 Å². The molecule has 0 aliphatic carbocycles. The lowest BCUT2D eigenvalue weighted by Crippen LogP contribution is -2.46. The Balaban J connectivity index is 2.13. The number of rotatable bonds is 12. The minimum absolute atomic E-state index is 0.00131. The molecule has 0 aromatic heterocycles. The lowest BCUT2D eigenvalue weighted by molar-refractivity contribution is -0.141. The van der Waals surface area contributed by atoms with Crippen molar-refractivity contribution in [1.82, 2.24) is 15.1 Å². The minimum atomic E-state index is -0.470. The van der Waals surface area contributed by atoms with E-state index in [0.29, 0.717) is 16.3 Å². The maximum Gasteiger partial charge on any atom is 0.336 e. The van der Waals surface area contributed by atoms with Gasteiger partial charge in [0.25, 0.3) is 0 Å². The summed E-state index contributed by atoms with van der Waals surface area (Å²) in [7, 11) is 0. The fourth-order valence-corrected chi connectivity index (χ4v) is 4.48. The van der Waals surface area contributed by atoms with Gasteiger partial charge in [-0.15, -0.1) is 0 Å². The van der Waals surface area contributed by atoms with Crippen LogP contribution in [0.2, 0.25) is 5.02 Å². The molecule has 7 nitrogen and oxygen atoms in total. The number of benzene rings is 1. The molecule has 1 aliphatic heterocycles. The first-order chi connectivity index (χ1) is 16.2. The van der Waals surface area contributed by atoms with Crippen molar-refractivity contribution >= 4 is 29.4 Å². The van der Waals surface area contributed by atoms with Crippen LogP contribution >= 0.6 is 11.6 Å². The van der Waals surface area contributed by atoms with E-state index in [2.05, 4.69) is 24.1 Å². The van der Waals surface area contributed by atoms with Crippen LogP contribution in [-0.4, -0.2) is 66.4 Å². The van der Waals surface area contributed by atoms with Crippen molar-refractivity contribution in [1.29, 1.82) is 0 Å². The number of hydrogen-bond donors (Lipinski definition) is 1. The molecule has 0 saturated heterocycles. The predicted octanol–water partition coefficient (Wildman–Crippen LogP) is 4.12. The van der Waals surface area contributed by atoms with E-state index in [0.717, 1.165) is 38.0 Å². The van der Waals surface area contributed by atoms with Gasteiger partial charge < -0.3 is 19.9 Å². The molecule has 0 fully saturated rings. The van der Waals surface area contributed by atoms with Crippen molar-refractivity contribution in [3.8, 4) is 0 Å². The second kappa shape index (κ2) is 13.5. The minimum Gasteiger partial charge on any atom is -0.463 e. The van der Waals surface area contributed by atoms with E-state index in [4.69, 9.17) is 16.3 Å². The fraction of sp³-hybridized carbons (Fsp3) is 0.577. The Hall–Kier alpha value is -2.38. The van der Waals surface area contributed by atoms with Crippen LogP contribution in [0.4, 0.5) is 0 Å². The van der Waals surface area contributed by atoms with E-state index in [1.165, 1.54) is 4.90 Å². The fourth-order valence-electron chi connectivity index (χ4n) is 4.35. The Morgan fingerprint density at radius 3 is 2.44 bits per heavy atom. The van der Waals surface area contributed by atoms with Crippen molar-refractivity contribution in [3.05, 3.63) is 46.1 Å². The normalized spacial score (nSPS) is 17.2. The molecule has 0 radical (unpaired) electrons. The smallest absolute Gasteiger partial charge is 0.336 e. The second-order valence-corrected chi connectivity index (χ2v) is 9.08. The zero-order valence-corrected chi connectivity index (χ0v) is 21.8. The van der Waals surface area contributed by atoms with Crippen LogP contribution in [0.1, 0.15) is 65.4 Å². The number of ether oxygens (including phenoxy) is 1. The Labute approximate surface area is 208 Å². The van der Waals surface area contributed by atoms with Gasteiger partial charge in [-0.1, -0.05) is 37.6 Å². The van der Waals surface area contributed by atoms with Crippen molar-refractivity contribution in [2.24, 2.45) is 0 Å². The average molecular weight is 492 g/mol. The molecule has 1 N–H and O–H groups in total.